The molecule has 0 fully saturated rings. The van der Waals surface area contributed by atoms with Gasteiger partial charge < -0.3 is 15.8 Å². The Morgan fingerprint density at radius 3 is 2.45 bits per heavy atom. The molecule has 0 spiro atoms. The fourth-order valence-corrected chi connectivity index (χ4v) is 2.57. The van der Waals surface area contributed by atoms with E-state index in [0.29, 0.717) is 12.5 Å². The number of rotatable bonds is 6. The third-order valence-corrected chi connectivity index (χ3v) is 4.02. The molecule has 0 aliphatic rings. The van der Waals surface area contributed by atoms with Gasteiger partial charge in [-0.1, -0.05) is 17.7 Å². The van der Waals surface area contributed by atoms with Crippen LogP contribution in [-0.4, -0.2) is 25.4 Å². The summed E-state index contributed by atoms with van der Waals surface area (Å²) < 4.78 is 5.11. The summed E-state index contributed by atoms with van der Waals surface area (Å²) >= 11 is 1.78. The van der Waals surface area contributed by atoms with Crippen LogP contribution in [0.2, 0.25) is 0 Å². The van der Waals surface area contributed by atoms with E-state index in [1.165, 1.54) is 10.5 Å². The average molecular weight is 315 g/mol. The Bertz CT molecular complexity index is 609. The molecule has 0 saturated heterocycles. The summed E-state index contributed by atoms with van der Waals surface area (Å²) in [4.78, 5) is 5.58. The highest BCUT2D eigenvalue weighted by Gasteiger charge is 1.97. The number of nitrogens with two attached hydrogens (primary N) is 1. The highest BCUT2D eigenvalue weighted by molar-refractivity contribution is 7.99. The number of hydrogen-bond donors (Lipinski definition) is 2. The Labute approximate surface area is 135 Å². The zero-order valence-corrected chi connectivity index (χ0v) is 13.7. The van der Waals surface area contributed by atoms with E-state index in [0.717, 1.165) is 17.2 Å². The average Bonchev–Trinajstić information content (AvgIpc) is 2.54. The number of hydrogen-bond acceptors (Lipinski definition) is 3. The van der Waals surface area contributed by atoms with Crippen molar-refractivity contribution in [2.45, 2.75) is 11.8 Å². The molecular formula is C17H21N3OS. The molecule has 5 heteroatoms. The lowest BCUT2D eigenvalue weighted by Crippen LogP contribution is -2.23. The molecule has 0 atom stereocenters. The monoisotopic (exact) mass is 315 g/mol. The van der Waals surface area contributed by atoms with E-state index in [-0.39, 0.29) is 0 Å². The topological polar surface area (TPSA) is 59.6 Å². The van der Waals surface area contributed by atoms with E-state index in [2.05, 4.69) is 41.5 Å². The van der Waals surface area contributed by atoms with E-state index in [4.69, 9.17) is 10.5 Å². The molecule has 2 aromatic carbocycles. The normalized spacial score (nSPS) is 11.3. The minimum absolute atomic E-state index is 0.426. The molecule has 0 bridgehead atoms. The Morgan fingerprint density at radius 1 is 1.14 bits per heavy atom. The molecule has 0 heterocycles. The van der Waals surface area contributed by atoms with Gasteiger partial charge in [-0.2, -0.15) is 0 Å². The van der Waals surface area contributed by atoms with E-state index in [1.807, 2.05) is 24.3 Å². The van der Waals surface area contributed by atoms with E-state index >= 15 is 0 Å². The summed E-state index contributed by atoms with van der Waals surface area (Å²) in [5.41, 5.74) is 8.04. The van der Waals surface area contributed by atoms with Crippen molar-refractivity contribution < 1.29 is 4.74 Å². The largest absolute Gasteiger partial charge is 0.497 e. The van der Waals surface area contributed by atoms with Crippen LogP contribution >= 0.6 is 11.8 Å². The first-order chi connectivity index (χ1) is 10.7. The molecule has 4 nitrogen and oxygen atoms in total. The van der Waals surface area contributed by atoms with Crippen molar-refractivity contribution in [1.82, 2.24) is 0 Å². The summed E-state index contributed by atoms with van der Waals surface area (Å²) in [5, 5.41) is 3.06. The molecule has 2 rings (SSSR count). The van der Waals surface area contributed by atoms with Gasteiger partial charge in [-0.15, -0.1) is 11.8 Å². The van der Waals surface area contributed by atoms with Crippen LogP contribution in [0.15, 0.2) is 58.4 Å². The highest BCUT2D eigenvalue weighted by atomic mass is 32.2. The maximum Gasteiger partial charge on any atom is 0.193 e. The number of aryl methyl sites for hydroxylation is 1. The number of nitrogens with one attached hydrogen (secondary N) is 1. The summed E-state index contributed by atoms with van der Waals surface area (Å²) in [6.07, 6.45) is 0. The van der Waals surface area contributed by atoms with Gasteiger partial charge in [0.15, 0.2) is 5.96 Å². The summed E-state index contributed by atoms with van der Waals surface area (Å²) in [6.45, 7) is 2.76. The van der Waals surface area contributed by atoms with Crippen LogP contribution in [0.4, 0.5) is 5.69 Å². The SMILES string of the molecule is COc1ccc(NC(N)=NCCSc2ccc(C)cc2)cc1. The number of guanidine groups is 1. The Kier molecular flexibility index (Phi) is 6.15. The number of methoxy groups -OCH3 is 1. The van der Waals surface area contributed by atoms with Gasteiger partial charge in [0.25, 0.3) is 0 Å². The smallest absolute Gasteiger partial charge is 0.193 e. The third-order valence-electron chi connectivity index (χ3n) is 3.03. The molecule has 22 heavy (non-hydrogen) atoms. The lowest BCUT2D eigenvalue weighted by atomic mass is 10.2. The summed E-state index contributed by atoms with van der Waals surface area (Å²) in [7, 11) is 1.64. The first kappa shape index (κ1) is 16.2. The number of anilines is 1. The second-order valence-corrected chi connectivity index (χ2v) is 5.95. The minimum Gasteiger partial charge on any atom is -0.497 e. The predicted octanol–water partition coefficient (Wildman–Crippen LogP) is 3.52. The maximum absolute atomic E-state index is 5.87. The lowest BCUT2D eigenvalue weighted by Gasteiger charge is -2.06. The van der Waals surface area contributed by atoms with Crippen LogP contribution in [0.1, 0.15) is 5.56 Å². The first-order valence-electron chi connectivity index (χ1n) is 7.08. The summed E-state index contributed by atoms with van der Waals surface area (Å²) in [5.74, 6) is 2.14. The van der Waals surface area contributed by atoms with Gasteiger partial charge in [-0.05, 0) is 43.3 Å². The Balaban J connectivity index is 1.76. The Hall–Kier alpha value is -2.14. The van der Waals surface area contributed by atoms with Gasteiger partial charge in [0.1, 0.15) is 5.75 Å². The number of benzene rings is 2. The third kappa shape index (κ3) is 5.33. The second-order valence-electron chi connectivity index (χ2n) is 4.78. The molecule has 3 N–H and O–H groups in total. The lowest BCUT2D eigenvalue weighted by molar-refractivity contribution is 0.415. The molecule has 0 radical (unpaired) electrons. The van der Waals surface area contributed by atoms with Crippen LogP contribution < -0.4 is 15.8 Å². The number of nitrogens with zero attached hydrogens (tertiary/aromatic N) is 1. The van der Waals surface area contributed by atoms with Crippen molar-refractivity contribution in [3.05, 3.63) is 54.1 Å². The molecule has 116 valence electrons. The minimum atomic E-state index is 0.426. The van der Waals surface area contributed by atoms with Crippen LogP contribution in [0.5, 0.6) is 5.75 Å². The van der Waals surface area contributed by atoms with Crippen molar-refractivity contribution in [2.24, 2.45) is 10.7 Å². The van der Waals surface area contributed by atoms with Crippen LogP contribution in [0.3, 0.4) is 0 Å². The van der Waals surface area contributed by atoms with E-state index in [9.17, 15) is 0 Å². The number of ether oxygens (including phenoxy) is 1. The molecule has 0 aliphatic heterocycles. The van der Waals surface area contributed by atoms with Gasteiger partial charge in [0.05, 0.1) is 13.7 Å². The Morgan fingerprint density at radius 2 is 1.82 bits per heavy atom. The number of aliphatic imine (C=N–C) groups is 1. The fraction of sp³-hybridized carbons (Fsp3) is 0.235. The van der Waals surface area contributed by atoms with Gasteiger partial charge in [0, 0.05) is 16.3 Å². The standard InChI is InChI=1S/C17H21N3OS/c1-13-3-9-16(10-4-13)22-12-11-19-17(18)20-14-5-7-15(21-2)8-6-14/h3-10H,11-12H2,1-2H3,(H3,18,19,20). The van der Waals surface area contributed by atoms with E-state index in [1.54, 1.807) is 18.9 Å². The van der Waals surface area contributed by atoms with Crippen LogP contribution in [0, 0.1) is 6.92 Å². The number of thioether (sulfide) groups is 1. The maximum atomic E-state index is 5.87. The molecule has 0 amide bonds. The molecule has 0 unspecified atom stereocenters. The molecule has 0 aliphatic carbocycles. The van der Waals surface area contributed by atoms with Gasteiger partial charge >= 0.3 is 0 Å². The zero-order valence-electron chi connectivity index (χ0n) is 12.9. The van der Waals surface area contributed by atoms with E-state index < -0.39 is 0 Å². The highest BCUT2D eigenvalue weighted by Crippen LogP contribution is 2.18. The van der Waals surface area contributed by atoms with Crippen molar-refractivity contribution in [1.29, 1.82) is 0 Å². The fourth-order valence-electron chi connectivity index (χ4n) is 1.83. The first-order valence-corrected chi connectivity index (χ1v) is 8.06. The second kappa shape index (κ2) is 8.34. The van der Waals surface area contributed by atoms with Crippen LogP contribution in [-0.2, 0) is 0 Å². The van der Waals surface area contributed by atoms with Crippen molar-refractivity contribution in [3.63, 3.8) is 0 Å². The van der Waals surface area contributed by atoms with Crippen molar-refractivity contribution >= 4 is 23.4 Å². The van der Waals surface area contributed by atoms with Crippen molar-refractivity contribution in [2.75, 3.05) is 24.7 Å². The molecule has 0 saturated carbocycles. The quantitative estimate of drug-likeness (QED) is 0.370. The van der Waals surface area contributed by atoms with Crippen LogP contribution in [0.25, 0.3) is 0 Å². The molecule has 0 aromatic heterocycles. The molecular weight excluding hydrogens is 294 g/mol. The predicted molar refractivity (Wildman–Crippen MR) is 95.0 cm³/mol. The van der Waals surface area contributed by atoms with Gasteiger partial charge in [0.2, 0.25) is 0 Å². The summed E-state index contributed by atoms with van der Waals surface area (Å²) in [6, 6.07) is 16.1. The zero-order chi connectivity index (χ0) is 15.8. The van der Waals surface area contributed by atoms with Gasteiger partial charge in [-0.3, -0.25) is 4.99 Å². The van der Waals surface area contributed by atoms with Crippen molar-refractivity contribution in [3.8, 4) is 5.75 Å². The van der Waals surface area contributed by atoms with Gasteiger partial charge in [-0.25, -0.2) is 0 Å². The molecule has 2 aromatic rings.